The first-order chi connectivity index (χ1) is 14.2. The SMILES string of the molecule is CN1CCN(CCCCn2cc(Cl)cn2)C(c2ccccc2)(c2ccccc2)C1. The predicted octanol–water partition coefficient (Wildman–Crippen LogP) is 4.51. The second-order valence-corrected chi connectivity index (χ2v) is 8.38. The summed E-state index contributed by atoms with van der Waals surface area (Å²) in [5.74, 6) is 0. The third-order valence-electron chi connectivity index (χ3n) is 5.96. The lowest BCUT2D eigenvalue weighted by molar-refractivity contribution is 0.0298. The van der Waals surface area contributed by atoms with Crippen molar-refractivity contribution < 1.29 is 0 Å². The highest BCUT2D eigenvalue weighted by Gasteiger charge is 2.43. The van der Waals surface area contributed by atoms with E-state index in [2.05, 4.69) is 82.6 Å². The predicted molar refractivity (Wildman–Crippen MR) is 119 cm³/mol. The molecule has 4 rings (SSSR count). The summed E-state index contributed by atoms with van der Waals surface area (Å²) in [6, 6.07) is 22.0. The highest BCUT2D eigenvalue weighted by atomic mass is 35.5. The number of benzene rings is 2. The van der Waals surface area contributed by atoms with Crippen molar-refractivity contribution >= 4 is 11.6 Å². The summed E-state index contributed by atoms with van der Waals surface area (Å²) in [6.07, 6.45) is 5.82. The van der Waals surface area contributed by atoms with Gasteiger partial charge in [0.1, 0.15) is 0 Å². The normalized spacial score (nSPS) is 17.4. The van der Waals surface area contributed by atoms with E-state index in [0.717, 1.165) is 45.6 Å². The number of halogens is 1. The highest BCUT2D eigenvalue weighted by Crippen LogP contribution is 2.39. The zero-order chi connectivity index (χ0) is 20.1. The van der Waals surface area contributed by atoms with Crippen molar-refractivity contribution in [2.75, 3.05) is 33.2 Å². The van der Waals surface area contributed by atoms with Gasteiger partial charge in [-0.3, -0.25) is 9.58 Å². The Bertz CT molecular complexity index is 854. The van der Waals surface area contributed by atoms with Crippen LogP contribution in [0.5, 0.6) is 0 Å². The van der Waals surface area contributed by atoms with Gasteiger partial charge >= 0.3 is 0 Å². The lowest BCUT2D eigenvalue weighted by atomic mass is 9.79. The fourth-order valence-electron chi connectivity index (χ4n) is 4.53. The maximum absolute atomic E-state index is 5.99. The van der Waals surface area contributed by atoms with E-state index in [1.807, 2.05) is 10.9 Å². The van der Waals surface area contributed by atoms with Crippen LogP contribution in [0.3, 0.4) is 0 Å². The quantitative estimate of drug-likeness (QED) is 0.537. The molecule has 1 aliphatic rings. The molecule has 2 heterocycles. The number of hydrogen-bond donors (Lipinski definition) is 0. The van der Waals surface area contributed by atoms with Crippen molar-refractivity contribution in [1.82, 2.24) is 19.6 Å². The van der Waals surface area contributed by atoms with Crippen LogP contribution in [-0.4, -0.2) is 52.8 Å². The molecule has 0 amide bonds. The molecule has 0 unspecified atom stereocenters. The number of unbranched alkanes of at least 4 members (excludes halogenated alkanes) is 1. The van der Waals surface area contributed by atoms with Crippen molar-refractivity contribution in [2.24, 2.45) is 0 Å². The molecule has 0 aliphatic carbocycles. The number of hydrogen-bond acceptors (Lipinski definition) is 3. The van der Waals surface area contributed by atoms with Gasteiger partial charge in [0.25, 0.3) is 0 Å². The third kappa shape index (κ3) is 4.40. The van der Waals surface area contributed by atoms with Gasteiger partial charge in [0, 0.05) is 32.4 Å². The van der Waals surface area contributed by atoms with E-state index < -0.39 is 0 Å². The maximum Gasteiger partial charge on any atom is 0.0845 e. The Kier molecular flexibility index (Phi) is 6.34. The van der Waals surface area contributed by atoms with Crippen molar-refractivity contribution in [2.45, 2.75) is 24.9 Å². The summed E-state index contributed by atoms with van der Waals surface area (Å²) in [5, 5.41) is 5.00. The van der Waals surface area contributed by atoms with Gasteiger partial charge in [0.05, 0.1) is 16.8 Å². The van der Waals surface area contributed by atoms with Crippen LogP contribution in [0.2, 0.25) is 5.02 Å². The first-order valence-corrected chi connectivity index (χ1v) is 10.8. The van der Waals surface area contributed by atoms with Gasteiger partial charge in [-0.05, 0) is 37.6 Å². The van der Waals surface area contributed by atoms with Crippen LogP contribution < -0.4 is 0 Å². The van der Waals surface area contributed by atoms with Crippen LogP contribution in [0.25, 0.3) is 0 Å². The Morgan fingerprint density at radius 2 is 1.52 bits per heavy atom. The maximum atomic E-state index is 5.99. The lowest BCUT2D eigenvalue weighted by Crippen LogP contribution is -2.60. The van der Waals surface area contributed by atoms with Gasteiger partial charge < -0.3 is 4.90 Å². The van der Waals surface area contributed by atoms with Gasteiger partial charge in [0.15, 0.2) is 0 Å². The van der Waals surface area contributed by atoms with Crippen LogP contribution in [0.1, 0.15) is 24.0 Å². The van der Waals surface area contributed by atoms with Gasteiger partial charge in [-0.25, -0.2) is 0 Å². The monoisotopic (exact) mass is 408 g/mol. The molecule has 5 heteroatoms. The molecule has 0 atom stereocenters. The molecule has 152 valence electrons. The number of rotatable bonds is 7. The Labute approximate surface area is 178 Å². The van der Waals surface area contributed by atoms with Crippen LogP contribution in [0.4, 0.5) is 0 Å². The number of nitrogens with zero attached hydrogens (tertiary/aromatic N) is 4. The van der Waals surface area contributed by atoms with E-state index in [0.29, 0.717) is 5.02 Å². The second kappa shape index (κ2) is 9.12. The topological polar surface area (TPSA) is 24.3 Å². The second-order valence-electron chi connectivity index (χ2n) is 7.95. The van der Waals surface area contributed by atoms with Gasteiger partial charge in [-0.2, -0.15) is 5.10 Å². The molecule has 0 saturated carbocycles. The standard InChI is InChI=1S/C24H29ClN4/c1-27-16-17-28(14-8-9-15-29-19-23(25)18-26-29)24(20-27,21-10-4-2-5-11-21)22-12-6-3-7-13-22/h2-7,10-13,18-19H,8-9,14-17,20H2,1H3. The Morgan fingerprint density at radius 3 is 2.10 bits per heavy atom. The van der Waals surface area contributed by atoms with Crippen LogP contribution in [-0.2, 0) is 12.1 Å². The fraction of sp³-hybridized carbons (Fsp3) is 0.375. The van der Waals surface area contributed by atoms with E-state index in [1.54, 1.807) is 6.20 Å². The number of aryl methyl sites for hydroxylation is 1. The molecule has 1 aliphatic heterocycles. The summed E-state index contributed by atoms with van der Waals surface area (Å²) < 4.78 is 1.94. The van der Waals surface area contributed by atoms with E-state index in [9.17, 15) is 0 Å². The Hall–Kier alpha value is -2.14. The highest BCUT2D eigenvalue weighted by molar-refractivity contribution is 6.30. The Balaban J connectivity index is 1.57. The molecule has 29 heavy (non-hydrogen) atoms. The minimum Gasteiger partial charge on any atom is -0.303 e. The summed E-state index contributed by atoms with van der Waals surface area (Å²) >= 11 is 5.99. The summed E-state index contributed by atoms with van der Waals surface area (Å²) in [4.78, 5) is 5.15. The summed E-state index contributed by atoms with van der Waals surface area (Å²) in [6.45, 7) is 5.12. The molecule has 2 aromatic carbocycles. The molecule has 3 aromatic rings. The van der Waals surface area contributed by atoms with E-state index >= 15 is 0 Å². The first kappa shape index (κ1) is 20.1. The average molecular weight is 409 g/mol. The zero-order valence-electron chi connectivity index (χ0n) is 17.0. The molecule has 0 spiro atoms. The molecule has 0 bridgehead atoms. The molecule has 1 aromatic heterocycles. The van der Waals surface area contributed by atoms with Crippen molar-refractivity contribution in [3.8, 4) is 0 Å². The molecule has 1 saturated heterocycles. The zero-order valence-corrected chi connectivity index (χ0v) is 17.8. The first-order valence-electron chi connectivity index (χ1n) is 10.4. The third-order valence-corrected chi connectivity index (χ3v) is 6.16. The van der Waals surface area contributed by atoms with Gasteiger partial charge in [-0.1, -0.05) is 72.3 Å². The van der Waals surface area contributed by atoms with Crippen LogP contribution >= 0.6 is 11.6 Å². The average Bonchev–Trinajstić information content (AvgIpc) is 3.18. The number of likely N-dealkylation sites (N-methyl/N-ethyl adjacent to an activating group) is 1. The van der Waals surface area contributed by atoms with E-state index in [-0.39, 0.29) is 5.54 Å². The Morgan fingerprint density at radius 1 is 0.897 bits per heavy atom. The van der Waals surface area contributed by atoms with Crippen molar-refractivity contribution in [3.63, 3.8) is 0 Å². The molecule has 1 fully saturated rings. The van der Waals surface area contributed by atoms with Crippen molar-refractivity contribution in [1.29, 1.82) is 0 Å². The minimum atomic E-state index is -0.121. The minimum absolute atomic E-state index is 0.121. The fourth-order valence-corrected chi connectivity index (χ4v) is 4.69. The van der Waals surface area contributed by atoms with Gasteiger partial charge in [-0.15, -0.1) is 0 Å². The van der Waals surface area contributed by atoms with Crippen LogP contribution in [0.15, 0.2) is 73.1 Å². The molecule has 0 N–H and O–H groups in total. The molecular weight excluding hydrogens is 380 g/mol. The molecular formula is C24H29ClN4. The van der Waals surface area contributed by atoms with Gasteiger partial charge in [0.2, 0.25) is 0 Å². The number of piperazine rings is 1. The largest absolute Gasteiger partial charge is 0.303 e. The smallest absolute Gasteiger partial charge is 0.0845 e. The molecule has 4 nitrogen and oxygen atoms in total. The van der Waals surface area contributed by atoms with E-state index in [1.165, 1.54) is 11.1 Å². The lowest BCUT2D eigenvalue weighted by Gasteiger charge is -2.51. The van der Waals surface area contributed by atoms with E-state index in [4.69, 9.17) is 11.6 Å². The van der Waals surface area contributed by atoms with Crippen LogP contribution in [0, 0.1) is 0 Å². The summed E-state index contributed by atoms with van der Waals surface area (Å²) in [5.41, 5.74) is 2.62. The van der Waals surface area contributed by atoms with Crippen molar-refractivity contribution in [3.05, 3.63) is 89.2 Å². The summed E-state index contributed by atoms with van der Waals surface area (Å²) in [7, 11) is 2.24. The number of aromatic nitrogens is 2. The molecule has 0 radical (unpaired) electrons.